The zero-order valence-electron chi connectivity index (χ0n) is 16.7. The minimum absolute atomic E-state index is 0.683. The summed E-state index contributed by atoms with van der Waals surface area (Å²) in [5, 5.41) is 4.93. The average Bonchev–Trinajstić information content (AvgIpc) is 3.00. The summed E-state index contributed by atoms with van der Waals surface area (Å²) in [5.74, 6) is 0.967. The molecule has 6 nitrogen and oxygen atoms in total. The fourth-order valence-electron chi connectivity index (χ4n) is 3.49. The molecule has 0 amide bonds. The monoisotopic (exact) mass is 389 g/mol. The predicted octanol–water partition coefficient (Wildman–Crippen LogP) is 3.63. The lowest BCUT2D eigenvalue weighted by molar-refractivity contribution is 0.168. The lowest BCUT2D eigenvalue weighted by Crippen LogP contribution is -2.32. The molecule has 0 saturated carbocycles. The van der Waals surface area contributed by atoms with E-state index in [4.69, 9.17) is 22.1 Å². The smallest absolute Gasteiger partial charge is 0.230 e. The highest BCUT2D eigenvalue weighted by Crippen LogP contribution is 2.23. The van der Waals surface area contributed by atoms with E-state index in [1.54, 1.807) is 7.11 Å². The lowest BCUT2D eigenvalue weighted by atomic mass is 10.1. The zero-order valence-corrected chi connectivity index (χ0v) is 17.5. The van der Waals surface area contributed by atoms with Crippen LogP contribution in [0.3, 0.4) is 0 Å². The van der Waals surface area contributed by atoms with Crippen molar-refractivity contribution in [2.24, 2.45) is 0 Å². The maximum Gasteiger partial charge on any atom is 0.230 e. The van der Waals surface area contributed by atoms with Gasteiger partial charge in [-0.1, -0.05) is 17.7 Å². The largest absolute Gasteiger partial charge is 0.385 e. The first-order chi connectivity index (χ1) is 13.1. The molecule has 1 fully saturated rings. The number of ether oxygens (including phenoxy) is 1. The molecule has 0 spiro atoms. The molecule has 2 heterocycles. The van der Waals surface area contributed by atoms with Crippen LogP contribution in [-0.4, -0.2) is 59.6 Å². The van der Waals surface area contributed by atoms with Crippen LogP contribution in [0.4, 0.5) is 5.95 Å². The van der Waals surface area contributed by atoms with Crippen LogP contribution in [-0.2, 0) is 11.4 Å². The molecule has 27 heavy (non-hydrogen) atoms. The number of anilines is 1. The second kappa shape index (κ2) is 9.48. The van der Waals surface area contributed by atoms with Crippen LogP contribution in [0.25, 0.3) is 5.69 Å². The fraction of sp³-hybridized carbons (Fsp3) is 0.600. The molecule has 0 aliphatic carbocycles. The first kappa shape index (κ1) is 20.0. The van der Waals surface area contributed by atoms with Gasteiger partial charge in [-0.25, -0.2) is 4.68 Å². The molecule has 0 N–H and O–H groups in total. The number of hydrogen-bond donors (Lipinski definition) is 0. The van der Waals surface area contributed by atoms with Crippen molar-refractivity contribution in [3.8, 4) is 5.69 Å². The van der Waals surface area contributed by atoms with E-state index in [1.807, 2.05) is 4.68 Å². The number of nitrogens with zero attached hydrogens (tertiary/aromatic N) is 5. The Bertz CT molecular complexity index is 777. The number of piperidine rings is 1. The summed E-state index contributed by atoms with van der Waals surface area (Å²) >= 11 is 5.84. The van der Waals surface area contributed by atoms with Gasteiger partial charge in [-0.3, -0.25) is 9.47 Å². The quantitative estimate of drug-likeness (QED) is 0.509. The van der Waals surface area contributed by atoms with Gasteiger partial charge in [0.25, 0.3) is 0 Å². The maximum absolute atomic E-state index is 5.84. The van der Waals surface area contributed by atoms with Crippen molar-refractivity contribution in [3.05, 3.63) is 34.6 Å². The minimum Gasteiger partial charge on any atom is -0.385 e. The van der Waals surface area contributed by atoms with Crippen molar-refractivity contribution in [2.45, 2.75) is 39.3 Å². The van der Waals surface area contributed by atoms with E-state index in [-0.39, 0.29) is 0 Å². The third kappa shape index (κ3) is 4.97. The van der Waals surface area contributed by atoms with Crippen LogP contribution < -0.4 is 4.90 Å². The normalized spacial score (nSPS) is 14.9. The number of rotatable bonds is 8. The van der Waals surface area contributed by atoms with Crippen LogP contribution in [0.2, 0.25) is 0 Å². The van der Waals surface area contributed by atoms with Gasteiger partial charge >= 0.3 is 0 Å². The molecule has 2 aromatic rings. The van der Waals surface area contributed by atoms with Crippen LogP contribution in [0.5, 0.6) is 0 Å². The first-order valence-corrected chi connectivity index (χ1v) is 10.2. The number of methoxy groups -OCH3 is 1. The van der Waals surface area contributed by atoms with Crippen LogP contribution in [0.15, 0.2) is 24.3 Å². The van der Waals surface area contributed by atoms with Gasteiger partial charge in [0.2, 0.25) is 10.7 Å². The molecule has 7 heteroatoms. The average molecular weight is 390 g/mol. The molecule has 1 saturated heterocycles. The summed E-state index contributed by atoms with van der Waals surface area (Å²) in [6, 6.07) is 8.52. The highest BCUT2D eigenvalue weighted by Gasteiger charge is 2.21. The zero-order chi connectivity index (χ0) is 19.2. The van der Waals surface area contributed by atoms with E-state index in [2.05, 4.69) is 52.6 Å². The Morgan fingerprint density at radius 2 is 1.85 bits per heavy atom. The van der Waals surface area contributed by atoms with Crippen molar-refractivity contribution < 1.29 is 4.74 Å². The van der Waals surface area contributed by atoms with Crippen LogP contribution in [0, 0.1) is 11.7 Å². The van der Waals surface area contributed by atoms with Gasteiger partial charge in [0, 0.05) is 33.4 Å². The molecule has 1 aliphatic heterocycles. The third-order valence-corrected chi connectivity index (χ3v) is 5.41. The summed E-state index contributed by atoms with van der Waals surface area (Å²) in [6.45, 7) is 6.59. The molecule has 1 aromatic heterocycles. The summed E-state index contributed by atoms with van der Waals surface area (Å²) in [5.41, 5.74) is 2.33. The summed E-state index contributed by atoms with van der Waals surface area (Å²) in [6.07, 6.45) is 4.72. The molecule has 3 rings (SSSR count). The molecule has 148 valence electrons. The van der Waals surface area contributed by atoms with E-state index in [0.717, 1.165) is 49.1 Å². The van der Waals surface area contributed by atoms with Crippen molar-refractivity contribution in [1.29, 1.82) is 0 Å². The Balaban J connectivity index is 1.90. The predicted molar refractivity (Wildman–Crippen MR) is 112 cm³/mol. The third-order valence-electron chi connectivity index (χ3n) is 5.02. The Morgan fingerprint density at radius 1 is 1.15 bits per heavy atom. The topological polar surface area (TPSA) is 38.5 Å². The highest BCUT2D eigenvalue weighted by molar-refractivity contribution is 7.71. The number of aryl methyl sites for hydroxylation is 1. The van der Waals surface area contributed by atoms with E-state index in [9.17, 15) is 0 Å². The second-order valence-corrected chi connectivity index (χ2v) is 7.73. The van der Waals surface area contributed by atoms with Crippen molar-refractivity contribution in [1.82, 2.24) is 19.2 Å². The Kier molecular flexibility index (Phi) is 7.04. The Hall–Kier alpha value is -1.70. The van der Waals surface area contributed by atoms with Gasteiger partial charge in [0.15, 0.2) is 0 Å². The lowest BCUT2D eigenvalue weighted by Gasteiger charge is -2.27. The van der Waals surface area contributed by atoms with E-state index < -0.39 is 0 Å². The molecular weight excluding hydrogens is 358 g/mol. The molecular formula is C20H31N5OS. The molecule has 1 aliphatic rings. The second-order valence-electron chi connectivity index (χ2n) is 7.37. The number of benzene rings is 1. The first-order valence-electron chi connectivity index (χ1n) is 9.79. The molecule has 0 radical (unpaired) electrons. The van der Waals surface area contributed by atoms with Crippen molar-refractivity contribution in [3.63, 3.8) is 0 Å². The SMILES string of the molecule is COCCCN(C)Cn1nc(N2CCCCC2)n(-c2ccc(C)cc2)c1=S. The summed E-state index contributed by atoms with van der Waals surface area (Å²) < 4.78 is 9.98. The number of hydrogen-bond acceptors (Lipinski definition) is 5. The molecule has 0 bridgehead atoms. The van der Waals surface area contributed by atoms with Crippen LogP contribution in [0.1, 0.15) is 31.2 Å². The van der Waals surface area contributed by atoms with Gasteiger partial charge in [0.05, 0.1) is 12.4 Å². The standard InChI is InChI=1S/C20H31N5OS/c1-17-8-10-18(11-9-17)25-19(23-13-5-4-6-14-23)21-24(20(25)27)16-22(2)12-7-15-26-3/h8-11H,4-7,12-16H2,1-3H3. The molecule has 1 aromatic carbocycles. The summed E-state index contributed by atoms with van der Waals surface area (Å²) in [7, 11) is 3.84. The Labute approximate surface area is 167 Å². The molecule has 0 atom stereocenters. The number of aromatic nitrogens is 3. The Morgan fingerprint density at radius 3 is 2.52 bits per heavy atom. The maximum atomic E-state index is 5.84. The van der Waals surface area contributed by atoms with Gasteiger partial charge < -0.3 is 9.64 Å². The van der Waals surface area contributed by atoms with Crippen molar-refractivity contribution >= 4 is 18.2 Å². The van der Waals surface area contributed by atoms with E-state index in [1.165, 1.54) is 24.8 Å². The van der Waals surface area contributed by atoms with E-state index >= 15 is 0 Å². The molecule has 0 unspecified atom stereocenters. The van der Waals surface area contributed by atoms with Gasteiger partial charge in [0.1, 0.15) is 0 Å². The summed E-state index contributed by atoms with van der Waals surface area (Å²) in [4.78, 5) is 4.61. The van der Waals surface area contributed by atoms with Gasteiger partial charge in [-0.2, -0.15) is 0 Å². The highest BCUT2D eigenvalue weighted by atomic mass is 32.1. The van der Waals surface area contributed by atoms with E-state index in [0.29, 0.717) is 6.67 Å². The minimum atomic E-state index is 0.683. The van der Waals surface area contributed by atoms with Crippen LogP contribution >= 0.6 is 12.2 Å². The fourth-order valence-corrected chi connectivity index (χ4v) is 3.77. The van der Waals surface area contributed by atoms with Gasteiger partial charge in [-0.15, -0.1) is 5.10 Å². The van der Waals surface area contributed by atoms with Gasteiger partial charge in [-0.05, 0) is 64.0 Å². The van der Waals surface area contributed by atoms with Crippen molar-refractivity contribution in [2.75, 3.05) is 45.3 Å².